The molecule has 0 aromatic rings. The zero-order valence-corrected chi connectivity index (χ0v) is 22.8. The summed E-state index contributed by atoms with van der Waals surface area (Å²) in [5, 5.41) is 39.8. The lowest BCUT2D eigenvalue weighted by Crippen LogP contribution is -2.58. The number of aliphatic carboxylic acids is 2. The van der Waals surface area contributed by atoms with Gasteiger partial charge in [0, 0.05) is 13.0 Å². The summed E-state index contributed by atoms with van der Waals surface area (Å²) in [5.74, 6) is -10.7. The minimum absolute atomic E-state index is 0.0142. The van der Waals surface area contributed by atoms with Crippen molar-refractivity contribution < 1.29 is 48.9 Å². The van der Waals surface area contributed by atoms with Gasteiger partial charge in [-0.25, -0.2) is 0 Å². The summed E-state index contributed by atoms with van der Waals surface area (Å²) < 4.78 is 0. The van der Waals surface area contributed by atoms with Crippen molar-refractivity contribution in [3.8, 4) is 0 Å². The van der Waals surface area contributed by atoms with Crippen molar-refractivity contribution in [3.63, 3.8) is 0 Å². The molecule has 14 N–H and O–H groups in total. The van der Waals surface area contributed by atoms with Gasteiger partial charge in [-0.3, -0.25) is 38.6 Å². The Labute approximate surface area is 240 Å². The van der Waals surface area contributed by atoms with E-state index in [1.54, 1.807) is 0 Å². The molecule has 0 aromatic heterocycles. The fourth-order valence-corrected chi connectivity index (χ4v) is 3.86. The number of nitrogens with one attached hydrogen (secondary N) is 5. The minimum Gasteiger partial charge on any atom is -0.481 e. The molecule has 1 fully saturated rings. The molecule has 0 bridgehead atoms. The van der Waals surface area contributed by atoms with Crippen molar-refractivity contribution in [2.45, 2.75) is 62.7 Å². The number of aliphatic imine (C=N–C) groups is 1. The highest BCUT2D eigenvalue weighted by Gasteiger charge is 2.36. The first-order chi connectivity index (χ1) is 19.8. The largest absolute Gasteiger partial charge is 0.481 e. The summed E-state index contributed by atoms with van der Waals surface area (Å²) in [5.41, 5.74) is 16.1. The first-order valence-electron chi connectivity index (χ1n) is 13.1. The van der Waals surface area contributed by atoms with E-state index >= 15 is 0 Å². The molecule has 42 heavy (non-hydrogen) atoms. The van der Waals surface area contributed by atoms with Crippen molar-refractivity contribution in [3.05, 3.63) is 0 Å². The van der Waals surface area contributed by atoms with Crippen molar-refractivity contribution >= 4 is 47.4 Å². The normalized spacial score (nSPS) is 22.4. The van der Waals surface area contributed by atoms with E-state index in [1.807, 2.05) is 0 Å². The Morgan fingerprint density at radius 1 is 0.786 bits per heavy atom. The number of aliphatic hydroxyl groups excluding tert-OH is 1. The number of carboxylic acid groups (broad SMARTS) is 2. The Balaban J connectivity index is 3.39. The molecule has 0 radical (unpaired) electrons. The molecular weight excluding hydrogens is 562 g/mol. The second-order valence-corrected chi connectivity index (χ2v) is 9.40. The molecule has 0 saturated carbocycles. The van der Waals surface area contributed by atoms with E-state index in [-0.39, 0.29) is 31.8 Å². The Bertz CT molecular complexity index is 1020. The fraction of sp³-hybridized carbons (Fsp3) is 0.652. The molecule has 1 aliphatic heterocycles. The molecule has 1 saturated heterocycles. The van der Waals surface area contributed by atoms with Gasteiger partial charge in [0.2, 0.25) is 29.5 Å². The Morgan fingerprint density at radius 2 is 1.31 bits per heavy atom. The third kappa shape index (κ3) is 12.3. The molecule has 5 amide bonds. The summed E-state index contributed by atoms with van der Waals surface area (Å²) in [7, 11) is 0. The number of hydrogen-bond acceptors (Lipinski definition) is 10. The van der Waals surface area contributed by atoms with E-state index in [4.69, 9.17) is 17.2 Å². The van der Waals surface area contributed by atoms with Crippen molar-refractivity contribution in [2.75, 3.05) is 26.2 Å². The van der Waals surface area contributed by atoms with Crippen LogP contribution in [-0.4, -0.2) is 113 Å². The maximum atomic E-state index is 13.2. The van der Waals surface area contributed by atoms with Gasteiger partial charge in [-0.1, -0.05) is 0 Å². The first kappa shape index (κ1) is 35.5. The van der Waals surface area contributed by atoms with Gasteiger partial charge in [-0.05, 0) is 38.6 Å². The molecule has 0 aliphatic carbocycles. The van der Waals surface area contributed by atoms with Gasteiger partial charge in [-0.2, -0.15) is 0 Å². The molecule has 236 valence electrons. The van der Waals surface area contributed by atoms with Crippen LogP contribution in [0.1, 0.15) is 38.5 Å². The van der Waals surface area contributed by atoms with E-state index in [9.17, 15) is 48.9 Å². The molecule has 1 aliphatic rings. The smallest absolute Gasteiger partial charge is 0.317 e. The average molecular weight is 602 g/mol. The second-order valence-electron chi connectivity index (χ2n) is 9.40. The van der Waals surface area contributed by atoms with E-state index in [1.165, 1.54) is 0 Å². The summed E-state index contributed by atoms with van der Waals surface area (Å²) in [6.07, 6.45) is 0.270. The van der Waals surface area contributed by atoms with Crippen LogP contribution in [0.4, 0.5) is 0 Å². The zero-order chi connectivity index (χ0) is 31.8. The van der Waals surface area contributed by atoms with Crippen LogP contribution in [0, 0.1) is 5.92 Å². The maximum absolute atomic E-state index is 13.2. The summed E-state index contributed by atoms with van der Waals surface area (Å²) in [6.45, 7) is -1.30. The fourth-order valence-electron chi connectivity index (χ4n) is 3.86. The Morgan fingerprint density at radius 3 is 1.86 bits per heavy atom. The van der Waals surface area contributed by atoms with E-state index in [0.29, 0.717) is 19.4 Å². The summed E-state index contributed by atoms with van der Waals surface area (Å²) >= 11 is 0. The van der Waals surface area contributed by atoms with Crippen molar-refractivity contribution in [2.24, 2.45) is 28.1 Å². The SMILES string of the molecule is NCCCC[C@@H]1NC(=O)[C@H](CO)NC(=O)[C@@H](CC(C(=O)O)C(=O)O)NC(=O)CNC(=O)[C@H](CCCN=C(N)N)NC1=O. The van der Waals surface area contributed by atoms with E-state index in [2.05, 4.69) is 31.6 Å². The number of rotatable bonds is 13. The predicted molar refractivity (Wildman–Crippen MR) is 144 cm³/mol. The van der Waals surface area contributed by atoms with Gasteiger partial charge in [0.15, 0.2) is 11.9 Å². The molecule has 1 heterocycles. The van der Waals surface area contributed by atoms with Crippen LogP contribution >= 0.6 is 0 Å². The van der Waals surface area contributed by atoms with Crippen LogP contribution < -0.4 is 43.8 Å². The lowest BCUT2D eigenvalue weighted by Gasteiger charge is -2.25. The summed E-state index contributed by atoms with van der Waals surface area (Å²) in [4.78, 5) is 91.3. The third-order valence-corrected chi connectivity index (χ3v) is 6.12. The van der Waals surface area contributed by atoms with Gasteiger partial charge in [0.05, 0.1) is 13.2 Å². The zero-order valence-electron chi connectivity index (χ0n) is 22.8. The highest BCUT2D eigenvalue weighted by molar-refractivity contribution is 5.98. The number of unbranched alkanes of at least 4 members (excludes halogenated alkanes) is 1. The van der Waals surface area contributed by atoms with Crippen LogP contribution in [0.2, 0.25) is 0 Å². The number of aliphatic hydroxyl groups is 1. The number of carbonyl (C=O) groups excluding carboxylic acids is 5. The average Bonchev–Trinajstić information content (AvgIpc) is 2.92. The predicted octanol–water partition coefficient (Wildman–Crippen LogP) is -5.59. The second kappa shape index (κ2) is 18.0. The van der Waals surface area contributed by atoms with Gasteiger partial charge < -0.3 is 59.1 Å². The number of carbonyl (C=O) groups is 7. The first-order valence-corrected chi connectivity index (χ1v) is 13.1. The maximum Gasteiger partial charge on any atom is 0.317 e. The van der Waals surface area contributed by atoms with Crippen LogP contribution in [0.25, 0.3) is 0 Å². The molecule has 4 atom stereocenters. The lowest BCUT2D eigenvalue weighted by atomic mass is 9.99. The van der Waals surface area contributed by atoms with Crippen LogP contribution in [0.3, 0.4) is 0 Å². The van der Waals surface area contributed by atoms with Crippen LogP contribution in [-0.2, 0) is 33.6 Å². The van der Waals surface area contributed by atoms with Crippen LogP contribution in [0.15, 0.2) is 4.99 Å². The minimum atomic E-state index is -2.12. The standard InChI is InChI=1S/C23H39N9O10/c24-6-2-1-4-13-18(36)30-12(5-3-7-27-23(25)26)17(35)28-9-16(34)29-14(8-11(21(39)40)22(41)42)19(37)32-15(10-33)20(38)31-13/h11-15,33H,1-10,24H2,(H,28,35)(H,29,34)(H,30,36)(H,31,38)(H,32,37)(H,39,40)(H,41,42)(H4,25,26,27)/t12-,13-,14+,15-/m0/s1. The topological polar surface area (TPSA) is 331 Å². The number of guanidine groups is 1. The van der Waals surface area contributed by atoms with Crippen molar-refractivity contribution in [1.29, 1.82) is 0 Å². The summed E-state index contributed by atoms with van der Waals surface area (Å²) in [6, 6.07) is -5.91. The quantitative estimate of drug-likeness (QED) is 0.0406. The van der Waals surface area contributed by atoms with Gasteiger partial charge in [0.25, 0.3) is 0 Å². The highest BCUT2D eigenvalue weighted by atomic mass is 16.4. The molecule has 0 unspecified atom stereocenters. The number of carboxylic acids is 2. The van der Waals surface area contributed by atoms with Crippen LogP contribution in [0.5, 0.6) is 0 Å². The van der Waals surface area contributed by atoms with Gasteiger partial charge >= 0.3 is 11.9 Å². The number of hydrogen-bond donors (Lipinski definition) is 11. The highest BCUT2D eigenvalue weighted by Crippen LogP contribution is 2.10. The molecular formula is C23H39N9O10. The number of nitrogens with two attached hydrogens (primary N) is 3. The number of amides is 5. The van der Waals surface area contributed by atoms with E-state index in [0.717, 1.165) is 0 Å². The molecule has 19 nitrogen and oxygen atoms in total. The molecule has 0 aromatic carbocycles. The van der Waals surface area contributed by atoms with Gasteiger partial charge in [0.1, 0.15) is 24.2 Å². The Kier molecular flexibility index (Phi) is 15.2. The number of nitrogens with zero attached hydrogens (tertiary/aromatic N) is 1. The lowest BCUT2D eigenvalue weighted by molar-refractivity contribution is -0.155. The Hall–Kier alpha value is -4.52. The van der Waals surface area contributed by atoms with Gasteiger partial charge in [-0.15, -0.1) is 0 Å². The molecule has 0 spiro atoms. The molecule has 1 rings (SSSR count). The van der Waals surface area contributed by atoms with E-state index < -0.39 is 91.1 Å². The van der Waals surface area contributed by atoms with Crippen molar-refractivity contribution in [1.82, 2.24) is 26.6 Å². The third-order valence-electron chi connectivity index (χ3n) is 6.12. The molecule has 19 heteroatoms. The monoisotopic (exact) mass is 601 g/mol.